The van der Waals surface area contributed by atoms with Crippen molar-refractivity contribution in [2.24, 2.45) is 11.5 Å². The minimum atomic E-state index is -1.19. The first kappa shape index (κ1) is 27.2. The Morgan fingerprint density at radius 3 is 2.61 bits per heavy atom. The number of carbonyl (C=O) groups excluding carboxylic acids is 3. The number of nitrogens with one attached hydrogen (secondary N) is 3. The molecule has 3 amide bonds. The molecule has 0 aliphatic carbocycles. The fourth-order valence-corrected chi connectivity index (χ4v) is 4.59. The molecule has 4 atom stereocenters. The van der Waals surface area contributed by atoms with E-state index in [1.54, 1.807) is 13.1 Å². The molecule has 36 heavy (non-hydrogen) atoms. The van der Waals surface area contributed by atoms with Gasteiger partial charge in [0.1, 0.15) is 18.1 Å². The zero-order chi connectivity index (χ0) is 26.2. The van der Waals surface area contributed by atoms with E-state index < -0.39 is 42.0 Å². The zero-order valence-corrected chi connectivity index (χ0v) is 20.5. The molecule has 196 valence electrons. The Morgan fingerprint density at radius 2 is 1.92 bits per heavy atom. The van der Waals surface area contributed by atoms with E-state index in [1.165, 1.54) is 4.90 Å². The molecule has 4 unspecified atom stereocenters. The maximum absolute atomic E-state index is 13.2. The molecule has 11 heteroatoms. The van der Waals surface area contributed by atoms with Gasteiger partial charge in [-0.3, -0.25) is 14.4 Å². The maximum atomic E-state index is 13.2. The number of rotatable bonds is 12. The smallest absolute Gasteiger partial charge is 0.326 e. The predicted octanol–water partition coefficient (Wildman–Crippen LogP) is 0.232. The summed E-state index contributed by atoms with van der Waals surface area (Å²) in [5.74, 6) is -2.53. The Morgan fingerprint density at radius 1 is 1.17 bits per heavy atom. The number of nitrogens with two attached hydrogens (primary N) is 2. The second-order valence-electron chi connectivity index (χ2n) is 9.29. The lowest BCUT2D eigenvalue weighted by atomic mass is 10.0. The number of hydrogen-bond donors (Lipinski definition) is 6. The molecule has 0 spiro atoms. The number of hydrogen-bond acceptors (Lipinski definition) is 6. The van der Waals surface area contributed by atoms with E-state index in [4.69, 9.17) is 11.5 Å². The number of carboxylic acids is 1. The van der Waals surface area contributed by atoms with Gasteiger partial charge >= 0.3 is 5.97 Å². The van der Waals surface area contributed by atoms with Crippen LogP contribution < -0.4 is 22.1 Å². The standard InChI is InChI=1S/C25H36N6O5/c1-15(27)24(34)31-12-6-10-21(31)23(33)29-19(9-4-5-11-26)22(32)30-20(25(35)36)13-16-14-28-18-8-3-2-7-17(16)18/h2-3,7-8,14-15,19-21,28H,4-6,9-13,26-27H2,1H3,(H,29,33)(H,30,32)(H,35,36). The van der Waals surface area contributed by atoms with Crippen molar-refractivity contribution in [2.75, 3.05) is 13.1 Å². The van der Waals surface area contributed by atoms with Crippen molar-refractivity contribution in [3.63, 3.8) is 0 Å². The molecule has 1 aromatic heterocycles. The van der Waals surface area contributed by atoms with E-state index in [9.17, 15) is 24.3 Å². The van der Waals surface area contributed by atoms with Gasteiger partial charge in [-0.15, -0.1) is 0 Å². The monoisotopic (exact) mass is 500 g/mol. The topological polar surface area (TPSA) is 184 Å². The van der Waals surface area contributed by atoms with E-state index in [-0.39, 0.29) is 12.3 Å². The number of benzene rings is 1. The van der Waals surface area contributed by atoms with Crippen LogP contribution in [0.2, 0.25) is 0 Å². The van der Waals surface area contributed by atoms with Gasteiger partial charge in [-0.25, -0.2) is 4.79 Å². The summed E-state index contributed by atoms with van der Waals surface area (Å²) in [6.45, 7) is 2.42. The fourth-order valence-electron chi connectivity index (χ4n) is 4.59. The van der Waals surface area contributed by atoms with Crippen LogP contribution in [0.4, 0.5) is 0 Å². The molecule has 2 heterocycles. The van der Waals surface area contributed by atoms with Gasteiger partial charge in [0.2, 0.25) is 17.7 Å². The number of fused-ring (bicyclic) bond motifs is 1. The number of H-pyrrole nitrogens is 1. The van der Waals surface area contributed by atoms with Crippen LogP contribution in [0, 0.1) is 0 Å². The minimum absolute atomic E-state index is 0.0772. The summed E-state index contributed by atoms with van der Waals surface area (Å²) < 4.78 is 0. The second-order valence-corrected chi connectivity index (χ2v) is 9.29. The van der Waals surface area contributed by atoms with E-state index in [0.717, 1.165) is 16.5 Å². The normalized spacial score (nSPS) is 18.0. The zero-order valence-electron chi connectivity index (χ0n) is 20.5. The Bertz CT molecular complexity index is 1080. The Kier molecular flexibility index (Phi) is 9.43. The third-order valence-electron chi connectivity index (χ3n) is 6.52. The molecule has 0 bridgehead atoms. The molecule has 8 N–H and O–H groups in total. The van der Waals surface area contributed by atoms with Crippen molar-refractivity contribution in [3.8, 4) is 0 Å². The molecular formula is C25H36N6O5. The van der Waals surface area contributed by atoms with E-state index in [2.05, 4.69) is 15.6 Å². The van der Waals surface area contributed by atoms with Crippen LogP contribution in [-0.4, -0.2) is 75.9 Å². The summed E-state index contributed by atoms with van der Waals surface area (Å²) in [6.07, 6.45) is 4.46. The molecule has 3 rings (SSSR count). The van der Waals surface area contributed by atoms with E-state index in [1.807, 2.05) is 24.3 Å². The number of likely N-dealkylation sites (tertiary alicyclic amines) is 1. The highest BCUT2D eigenvalue weighted by Crippen LogP contribution is 2.20. The van der Waals surface area contributed by atoms with Crippen LogP contribution >= 0.6 is 0 Å². The average Bonchev–Trinajstić information content (AvgIpc) is 3.50. The van der Waals surface area contributed by atoms with Crippen molar-refractivity contribution < 1.29 is 24.3 Å². The molecule has 11 nitrogen and oxygen atoms in total. The van der Waals surface area contributed by atoms with Gasteiger partial charge in [0.25, 0.3) is 0 Å². The molecule has 0 saturated carbocycles. The number of carboxylic acid groups (broad SMARTS) is 1. The first-order chi connectivity index (χ1) is 17.2. The third-order valence-corrected chi connectivity index (χ3v) is 6.52. The number of para-hydroxylation sites is 1. The molecule has 1 aliphatic heterocycles. The van der Waals surface area contributed by atoms with Crippen LogP contribution in [-0.2, 0) is 25.6 Å². The number of unbranched alkanes of at least 4 members (excludes halogenated alkanes) is 1. The first-order valence-corrected chi connectivity index (χ1v) is 12.4. The van der Waals surface area contributed by atoms with Gasteiger partial charge < -0.3 is 37.1 Å². The third kappa shape index (κ3) is 6.61. The van der Waals surface area contributed by atoms with Crippen molar-refractivity contribution in [1.29, 1.82) is 0 Å². The van der Waals surface area contributed by atoms with Gasteiger partial charge in [-0.1, -0.05) is 18.2 Å². The van der Waals surface area contributed by atoms with Gasteiger partial charge in [0.05, 0.1) is 6.04 Å². The summed E-state index contributed by atoms with van der Waals surface area (Å²) in [4.78, 5) is 55.3. The Balaban J connectivity index is 1.72. The van der Waals surface area contributed by atoms with Crippen molar-refractivity contribution >= 4 is 34.6 Å². The van der Waals surface area contributed by atoms with Crippen LogP contribution in [0.15, 0.2) is 30.5 Å². The number of aromatic amines is 1. The molecule has 1 fully saturated rings. The number of nitrogens with zero attached hydrogens (tertiary/aromatic N) is 1. The molecule has 1 aliphatic rings. The summed E-state index contributed by atoms with van der Waals surface area (Å²) in [5.41, 5.74) is 12.9. The molecule has 0 radical (unpaired) electrons. The number of carbonyl (C=O) groups is 4. The highest BCUT2D eigenvalue weighted by molar-refractivity contribution is 5.94. The summed E-state index contributed by atoms with van der Waals surface area (Å²) >= 11 is 0. The van der Waals surface area contributed by atoms with Crippen LogP contribution in [0.25, 0.3) is 10.9 Å². The van der Waals surface area contributed by atoms with Crippen LogP contribution in [0.5, 0.6) is 0 Å². The first-order valence-electron chi connectivity index (χ1n) is 12.4. The van der Waals surface area contributed by atoms with Gasteiger partial charge in [0.15, 0.2) is 0 Å². The average molecular weight is 501 g/mol. The lowest BCUT2D eigenvalue weighted by Gasteiger charge is -2.28. The summed E-state index contributed by atoms with van der Waals surface area (Å²) in [5, 5.41) is 16.0. The molecule has 2 aromatic rings. The highest BCUT2D eigenvalue weighted by Gasteiger charge is 2.37. The van der Waals surface area contributed by atoms with Crippen LogP contribution in [0.3, 0.4) is 0 Å². The largest absolute Gasteiger partial charge is 0.480 e. The number of aromatic nitrogens is 1. The maximum Gasteiger partial charge on any atom is 0.326 e. The Hall–Kier alpha value is -3.44. The van der Waals surface area contributed by atoms with E-state index in [0.29, 0.717) is 45.2 Å². The molecule has 1 aromatic carbocycles. The van der Waals surface area contributed by atoms with Gasteiger partial charge in [-0.05, 0) is 57.2 Å². The quantitative estimate of drug-likeness (QED) is 0.225. The number of aliphatic carboxylic acids is 1. The van der Waals surface area contributed by atoms with Crippen molar-refractivity contribution in [3.05, 3.63) is 36.0 Å². The van der Waals surface area contributed by atoms with Crippen molar-refractivity contribution in [1.82, 2.24) is 20.5 Å². The summed E-state index contributed by atoms with van der Waals surface area (Å²) in [6, 6.07) is 3.92. The fraction of sp³-hybridized carbons (Fsp3) is 0.520. The van der Waals surface area contributed by atoms with E-state index >= 15 is 0 Å². The van der Waals surface area contributed by atoms with Crippen molar-refractivity contribution in [2.45, 2.75) is 69.6 Å². The van der Waals surface area contributed by atoms with Gasteiger partial charge in [0, 0.05) is 30.1 Å². The summed E-state index contributed by atoms with van der Waals surface area (Å²) in [7, 11) is 0. The van der Waals surface area contributed by atoms with Gasteiger partial charge in [-0.2, -0.15) is 0 Å². The lowest BCUT2D eigenvalue weighted by molar-refractivity contribution is -0.143. The number of amides is 3. The SMILES string of the molecule is CC(N)C(=O)N1CCCC1C(=O)NC(CCCCN)C(=O)NC(Cc1c[nH]c2ccccc12)C(=O)O. The predicted molar refractivity (Wildman–Crippen MR) is 135 cm³/mol. The second kappa shape index (κ2) is 12.5. The molecular weight excluding hydrogens is 464 g/mol. The Labute approximate surface area is 210 Å². The highest BCUT2D eigenvalue weighted by atomic mass is 16.4. The van der Waals surface area contributed by atoms with Crippen LogP contribution in [0.1, 0.15) is 44.6 Å². The minimum Gasteiger partial charge on any atom is -0.480 e. The molecule has 1 saturated heterocycles. The lowest BCUT2D eigenvalue weighted by Crippen LogP contribution is -2.56.